The van der Waals surface area contributed by atoms with Gasteiger partial charge in [-0.3, -0.25) is 24.2 Å². The Morgan fingerprint density at radius 3 is 2.58 bits per heavy atom. The van der Waals surface area contributed by atoms with Crippen LogP contribution < -0.4 is 15.1 Å². The number of anilines is 3. The quantitative estimate of drug-likeness (QED) is 0.599. The fraction of sp³-hybridized carbons (Fsp3) is 0.125. The van der Waals surface area contributed by atoms with Crippen LogP contribution in [0.4, 0.5) is 21.5 Å². The zero-order valence-electron chi connectivity index (χ0n) is 17.1. The lowest BCUT2D eigenvalue weighted by atomic mass is 10.0. The number of benzene rings is 3. The van der Waals surface area contributed by atoms with Crippen molar-refractivity contribution >= 4 is 58.1 Å². The van der Waals surface area contributed by atoms with E-state index in [2.05, 4.69) is 5.32 Å². The first-order valence-electron chi connectivity index (χ1n) is 10.1. The summed E-state index contributed by atoms with van der Waals surface area (Å²) in [4.78, 5) is 41.0. The summed E-state index contributed by atoms with van der Waals surface area (Å²) >= 11 is 7.19. The molecule has 5 rings (SSSR count). The second kappa shape index (κ2) is 8.20. The van der Waals surface area contributed by atoms with E-state index in [9.17, 15) is 18.8 Å². The van der Waals surface area contributed by atoms with E-state index in [0.717, 1.165) is 0 Å². The van der Waals surface area contributed by atoms with E-state index in [1.54, 1.807) is 48.5 Å². The average molecular weight is 482 g/mol. The molecule has 33 heavy (non-hydrogen) atoms. The molecule has 1 unspecified atom stereocenters. The number of hydrogen-bond acceptors (Lipinski definition) is 4. The molecule has 2 aliphatic heterocycles. The molecule has 3 aromatic rings. The molecule has 0 radical (unpaired) electrons. The fourth-order valence-corrected chi connectivity index (χ4v) is 5.76. The summed E-state index contributed by atoms with van der Waals surface area (Å²) in [6, 6.07) is 19.3. The van der Waals surface area contributed by atoms with Gasteiger partial charge in [0.25, 0.3) is 5.91 Å². The molecule has 0 bridgehead atoms. The number of carbonyl (C=O) groups excluding carboxylic acids is 3. The predicted molar refractivity (Wildman–Crippen MR) is 127 cm³/mol. The highest BCUT2D eigenvalue weighted by Gasteiger charge is 2.61. The van der Waals surface area contributed by atoms with Crippen molar-refractivity contribution < 1.29 is 18.8 Å². The van der Waals surface area contributed by atoms with E-state index in [-0.39, 0.29) is 18.2 Å². The molecule has 0 aromatic heterocycles. The lowest BCUT2D eigenvalue weighted by molar-refractivity contribution is -0.124. The third kappa shape index (κ3) is 3.55. The second-order valence-corrected chi connectivity index (χ2v) is 9.21. The van der Waals surface area contributed by atoms with Gasteiger partial charge in [0, 0.05) is 22.0 Å². The van der Waals surface area contributed by atoms with E-state index >= 15 is 0 Å². The molecule has 9 heteroatoms. The number of carbonyl (C=O) groups is 3. The Morgan fingerprint density at radius 1 is 1.06 bits per heavy atom. The zero-order chi connectivity index (χ0) is 23.2. The number of para-hydroxylation sites is 1. The molecule has 3 aromatic carbocycles. The van der Waals surface area contributed by atoms with Crippen LogP contribution in [0.15, 0.2) is 72.8 Å². The molecule has 166 valence electrons. The Kier molecular flexibility index (Phi) is 5.34. The van der Waals surface area contributed by atoms with Crippen LogP contribution in [0, 0.1) is 5.82 Å². The third-order valence-corrected chi connectivity index (χ3v) is 7.18. The maximum atomic E-state index is 13.9. The van der Waals surface area contributed by atoms with Gasteiger partial charge in [0.05, 0.1) is 11.4 Å². The first-order valence-corrected chi connectivity index (χ1v) is 11.5. The third-order valence-electron chi connectivity index (χ3n) is 5.56. The van der Waals surface area contributed by atoms with Gasteiger partial charge in [0.15, 0.2) is 0 Å². The molecule has 0 aliphatic carbocycles. The van der Waals surface area contributed by atoms with Crippen molar-refractivity contribution in [3.8, 4) is 0 Å². The monoisotopic (exact) mass is 481 g/mol. The largest absolute Gasteiger partial charge is 0.324 e. The predicted octanol–water partition coefficient (Wildman–Crippen LogP) is 4.40. The Morgan fingerprint density at radius 2 is 1.82 bits per heavy atom. The standard InChI is InChI=1S/C24H17ClFN3O3S/c25-15-4-3-5-17(12-15)27-21(30)13-28-20-7-2-1-6-19(20)24(23(28)32)29(22(31)14-33-24)18-10-8-16(26)9-11-18/h1-12H,13-14H2,(H,27,30). The molecule has 2 heterocycles. The van der Waals surface area contributed by atoms with Crippen LogP contribution in [0.1, 0.15) is 5.56 Å². The topological polar surface area (TPSA) is 69.7 Å². The van der Waals surface area contributed by atoms with Crippen LogP contribution in [-0.2, 0) is 19.3 Å². The minimum Gasteiger partial charge on any atom is -0.324 e. The summed E-state index contributed by atoms with van der Waals surface area (Å²) in [5.41, 5.74) is 2.10. The molecule has 1 fully saturated rings. The van der Waals surface area contributed by atoms with Crippen molar-refractivity contribution in [2.24, 2.45) is 0 Å². The number of nitrogens with zero attached hydrogens (tertiary/aromatic N) is 2. The highest BCUT2D eigenvalue weighted by atomic mass is 35.5. The van der Waals surface area contributed by atoms with Crippen LogP contribution in [0.5, 0.6) is 0 Å². The van der Waals surface area contributed by atoms with Gasteiger partial charge in [0.1, 0.15) is 12.4 Å². The van der Waals surface area contributed by atoms with E-state index < -0.39 is 22.5 Å². The maximum Gasteiger partial charge on any atom is 0.269 e. The van der Waals surface area contributed by atoms with Gasteiger partial charge in [-0.1, -0.05) is 35.9 Å². The zero-order valence-corrected chi connectivity index (χ0v) is 18.7. The molecular formula is C24H17ClFN3O3S. The van der Waals surface area contributed by atoms with Gasteiger partial charge in [0.2, 0.25) is 16.7 Å². The Balaban J connectivity index is 1.51. The van der Waals surface area contributed by atoms with Crippen molar-refractivity contribution in [2.45, 2.75) is 4.87 Å². The first kappa shape index (κ1) is 21.5. The summed E-state index contributed by atoms with van der Waals surface area (Å²) in [6.45, 7) is -0.240. The van der Waals surface area contributed by atoms with Crippen LogP contribution in [0.25, 0.3) is 0 Å². The minimum atomic E-state index is -1.36. The normalized spacial score (nSPS) is 19.3. The van der Waals surface area contributed by atoms with Gasteiger partial charge >= 0.3 is 0 Å². The van der Waals surface area contributed by atoms with Gasteiger partial charge < -0.3 is 5.32 Å². The Hall–Kier alpha value is -3.36. The molecule has 1 atom stereocenters. The molecule has 0 saturated carbocycles. The molecular weight excluding hydrogens is 465 g/mol. The van der Waals surface area contributed by atoms with Crippen molar-refractivity contribution in [3.63, 3.8) is 0 Å². The summed E-state index contributed by atoms with van der Waals surface area (Å²) < 4.78 is 13.5. The number of amides is 3. The Bertz CT molecular complexity index is 1290. The molecule has 1 spiro atoms. The van der Waals surface area contributed by atoms with Gasteiger partial charge in [-0.2, -0.15) is 0 Å². The van der Waals surface area contributed by atoms with Crippen LogP contribution in [0.3, 0.4) is 0 Å². The number of fused-ring (bicyclic) bond motifs is 2. The van der Waals surface area contributed by atoms with Gasteiger partial charge in [-0.15, -0.1) is 11.8 Å². The number of nitrogens with one attached hydrogen (secondary N) is 1. The molecule has 2 aliphatic rings. The highest BCUT2D eigenvalue weighted by molar-refractivity contribution is 8.02. The molecule has 6 nitrogen and oxygen atoms in total. The summed E-state index contributed by atoms with van der Waals surface area (Å²) in [6.07, 6.45) is 0. The van der Waals surface area contributed by atoms with Gasteiger partial charge in [-0.25, -0.2) is 4.39 Å². The van der Waals surface area contributed by atoms with Crippen molar-refractivity contribution in [3.05, 3.63) is 89.2 Å². The average Bonchev–Trinajstić information content (AvgIpc) is 3.26. The number of rotatable bonds is 4. The molecule has 1 saturated heterocycles. The van der Waals surface area contributed by atoms with E-state index in [1.807, 2.05) is 0 Å². The molecule has 1 N–H and O–H groups in total. The van der Waals surface area contributed by atoms with Crippen LogP contribution in [0.2, 0.25) is 5.02 Å². The van der Waals surface area contributed by atoms with E-state index in [1.165, 1.54) is 45.8 Å². The van der Waals surface area contributed by atoms with E-state index in [0.29, 0.717) is 27.6 Å². The number of hydrogen-bond donors (Lipinski definition) is 1. The lowest BCUT2D eigenvalue weighted by Gasteiger charge is -2.33. The Labute approximate surface area is 198 Å². The van der Waals surface area contributed by atoms with Crippen molar-refractivity contribution in [2.75, 3.05) is 27.4 Å². The van der Waals surface area contributed by atoms with Crippen molar-refractivity contribution in [1.82, 2.24) is 0 Å². The highest BCUT2D eigenvalue weighted by Crippen LogP contribution is 2.55. The number of halogens is 2. The van der Waals surface area contributed by atoms with E-state index in [4.69, 9.17) is 11.6 Å². The second-order valence-electron chi connectivity index (χ2n) is 7.61. The number of thioether (sulfide) groups is 1. The summed E-state index contributed by atoms with van der Waals surface area (Å²) in [7, 11) is 0. The summed E-state index contributed by atoms with van der Waals surface area (Å²) in [5, 5.41) is 3.23. The smallest absolute Gasteiger partial charge is 0.269 e. The minimum absolute atomic E-state index is 0.0833. The summed E-state index contributed by atoms with van der Waals surface area (Å²) in [5.74, 6) is -1.42. The van der Waals surface area contributed by atoms with Crippen LogP contribution >= 0.6 is 23.4 Å². The van der Waals surface area contributed by atoms with Crippen LogP contribution in [-0.4, -0.2) is 30.0 Å². The fourth-order valence-electron chi connectivity index (χ4n) is 4.21. The molecule has 3 amide bonds. The SMILES string of the molecule is O=C(CN1C(=O)C2(SCC(=O)N2c2ccc(F)cc2)c2ccccc21)Nc1cccc(Cl)c1. The van der Waals surface area contributed by atoms with Crippen molar-refractivity contribution in [1.29, 1.82) is 0 Å². The maximum absolute atomic E-state index is 13.9. The lowest BCUT2D eigenvalue weighted by Crippen LogP contribution is -2.50. The first-order chi connectivity index (χ1) is 15.9. The van der Waals surface area contributed by atoms with Gasteiger partial charge in [-0.05, 0) is 48.5 Å².